The van der Waals surface area contributed by atoms with Gasteiger partial charge in [0.2, 0.25) is 0 Å². The summed E-state index contributed by atoms with van der Waals surface area (Å²) in [6.07, 6.45) is 0.211. The van der Waals surface area contributed by atoms with Gasteiger partial charge in [0.05, 0.1) is 36.1 Å². The second-order valence-electron chi connectivity index (χ2n) is 7.61. The first-order valence-electron chi connectivity index (χ1n) is 9.90. The summed E-state index contributed by atoms with van der Waals surface area (Å²) >= 11 is 0. The number of halogens is 4. The second-order valence-corrected chi connectivity index (χ2v) is 7.61. The molecule has 1 saturated heterocycles. The normalized spacial score (nSPS) is 16.4. The van der Waals surface area contributed by atoms with Crippen molar-refractivity contribution in [3.63, 3.8) is 0 Å². The van der Waals surface area contributed by atoms with E-state index >= 15 is 0 Å². The lowest BCUT2D eigenvalue weighted by atomic mass is 10.1. The van der Waals surface area contributed by atoms with Gasteiger partial charge in [0.25, 0.3) is 5.91 Å². The number of nitrogens with one attached hydrogen (secondary N) is 1. The number of alkyl halides is 4. The fourth-order valence-corrected chi connectivity index (χ4v) is 3.60. The van der Waals surface area contributed by atoms with Crippen LogP contribution in [0.3, 0.4) is 0 Å². The maximum Gasteiger partial charge on any atom is 0.435 e. The third-order valence-electron chi connectivity index (χ3n) is 5.24. The quantitative estimate of drug-likeness (QED) is 0.599. The van der Waals surface area contributed by atoms with Crippen molar-refractivity contribution in [3.8, 4) is 11.3 Å². The van der Waals surface area contributed by atoms with Crippen molar-refractivity contribution in [2.24, 2.45) is 13.0 Å². The molecular weight excluding hydrogens is 428 g/mol. The molecule has 4 rings (SSSR count). The summed E-state index contributed by atoms with van der Waals surface area (Å²) in [7, 11) is 1.73. The molecular formula is C21H20F4N6O. The summed E-state index contributed by atoms with van der Waals surface area (Å²) in [6.45, 7) is 0.391. The molecule has 0 bridgehead atoms. The average molecular weight is 448 g/mol. The highest BCUT2D eigenvalue weighted by molar-refractivity contribution is 6.03. The molecule has 7 nitrogen and oxygen atoms in total. The third kappa shape index (κ3) is 4.56. The highest BCUT2D eigenvalue weighted by Crippen LogP contribution is 2.36. The molecule has 0 aliphatic carbocycles. The van der Waals surface area contributed by atoms with Crippen molar-refractivity contribution in [2.75, 3.05) is 30.0 Å². The van der Waals surface area contributed by atoms with Crippen LogP contribution in [0.5, 0.6) is 0 Å². The number of nitrogens with zero attached hydrogens (tertiary/aromatic N) is 5. The van der Waals surface area contributed by atoms with Crippen molar-refractivity contribution in [3.05, 3.63) is 54.2 Å². The van der Waals surface area contributed by atoms with E-state index in [0.29, 0.717) is 36.5 Å². The monoisotopic (exact) mass is 448 g/mol. The number of hydrogen-bond donors (Lipinski definition) is 1. The fourth-order valence-electron chi connectivity index (χ4n) is 3.60. The smallest absolute Gasteiger partial charge is 0.370 e. The number of aryl methyl sites for hydroxylation is 1. The first-order chi connectivity index (χ1) is 15.2. The van der Waals surface area contributed by atoms with Gasteiger partial charge in [-0.1, -0.05) is 6.07 Å². The number of pyridine rings is 2. The van der Waals surface area contributed by atoms with Crippen LogP contribution < -0.4 is 10.2 Å². The zero-order valence-electron chi connectivity index (χ0n) is 17.1. The molecule has 32 heavy (non-hydrogen) atoms. The van der Waals surface area contributed by atoms with Gasteiger partial charge in [-0.05, 0) is 24.6 Å². The van der Waals surface area contributed by atoms with Crippen molar-refractivity contribution in [1.82, 2.24) is 19.7 Å². The topological polar surface area (TPSA) is 75.9 Å². The van der Waals surface area contributed by atoms with E-state index in [-0.39, 0.29) is 11.6 Å². The number of amides is 1. The number of carbonyl (C=O) groups excluding carboxylic acids is 1. The molecule has 0 spiro atoms. The van der Waals surface area contributed by atoms with E-state index in [1.807, 2.05) is 0 Å². The van der Waals surface area contributed by atoms with Gasteiger partial charge >= 0.3 is 6.18 Å². The van der Waals surface area contributed by atoms with Crippen LogP contribution in [0.25, 0.3) is 11.3 Å². The molecule has 11 heteroatoms. The molecule has 0 unspecified atom stereocenters. The Hall–Kier alpha value is -3.50. The molecule has 1 fully saturated rings. The van der Waals surface area contributed by atoms with Gasteiger partial charge in [-0.3, -0.25) is 13.9 Å². The van der Waals surface area contributed by atoms with Crippen molar-refractivity contribution >= 4 is 17.3 Å². The molecule has 0 saturated carbocycles. The van der Waals surface area contributed by atoms with E-state index in [1.54, 1.807) is 41.2 Å². The Labute approximate surface area is 181 Å². The molecule has 1 N–H and O–H groups in total. The number of hydrogen-bond acceptors (Lipinski definition) is 5. The van der Waals surface area contributed by atoms with Crippen LogP contribution in [0.4, 0.5) is 28.9 Å². The SMILES string of the molecule is Cn1cc(-c2cccc(C(=O)Nc3cc(N4CC[C@@H](CF)C4)cnc3C(F)(F)F)n2)cn1. The number of carbonyl (C=O) groups is 1. The van der Waals surface area contributed by atoms with Crippen LogP contribution >= 0.6 is 0 Å². The molecule has 3 aromatic rings. The van der Waals surface area contributed by atoms with E-state index < -0.39 is 30.1 Å². The molecule has 1 atom stereocenters. The zero-order chi connectivity index (χ0) is 22.9. The third-order valence-corrected chi connectivity index (χ3v) is 5.24. The number of anilines is 2. The van der Waals surface area contributed by atoms with Crippen molar-refractivity contribution in [1.29, 1.82) is 0 Å². The summed E-state index contributed by atoms with van der Waals surface area (Å²) in [5.74, 6) is -0.974. The Kier molecular flexibility index (Phi) is 5.81. The standard InChI is InChI=1S/C21H20F4N6O/c1-30-12-14(9-27-30)16-3-2-4-17(28-16)20(32)29-18-7-15(10-26-19(18)21(23,24)25)31-6-5-13(8-22)11-31/h2-4,7,9-10,12-13H,5-6,8,11H2,1H3,(H,29,32)/t13-/m0/s1. The van der Waals surface area contributed by atoms with Crippen LogP contribution in [0.2, 0.25) is 0 Å². The Morgan fingerprint density at radius 1 is 1.28 bits per heavy atom. The minimum atomic E-state index is -4.77. The van der Waals surface area contributed by atoms with E-state index in [4.69, 9.17) is 0 Å². The van der Waals surface area contributed by atoms with E-state index in [0.717, 1.165) is 6.20 Å². The van der Waals surface area contributed by atoms with E-state index in [1.165, 1.54) is 12.1 Å². The van der Waals surface area contributed by atoms with Crippen molar-refractivity contribution in [2.45, 2.75) is 12.6 Å². The average Bonchev–Trinajstić information content (AvgIpc) is 3.42. The Morgan fingerprint density at radius 2 is 2.09 bits per heavy atom. The maximum absolute atomic E-state index is 13.5. The van der Waals surface area contributed by atoms with Gasteiger partial charge in [0.15, 0.2) is 5.69 Å². The minimum absolute atomic E-state index is 0.0523. The van der Waals surface area contributed by atoms with Crippen molar-refractivity contribution < 1.29 is 22.4 Å². The van der Waals surface area contributed by atoms with Crippen LogP contribution in [0, 0.1) is 5.92 Å². The van der Waals surface area contributed by atoms with Crippen LogP contribution in [0.15, 0.2) is 42.9 Å². The lowest BCUT2D eigenvalue weighted by Crippen LogP contribution is -2.23. The molecule has 168 valence electrons. The van der Waals surface area contributed by atoms with Gasteiger partial charge in [-0.2, -0.15) is 18.3 Å². The highest BCUT2D eigenvalue weighted by atomic mass is 19.4. The lowest BCUT2D eigenvalue weighted by molar-refractivity contribution is -0.140. The van der Waals surface area contributed by atoms with E-state index in [2.05, 4.69) is 20.4 Å². The Balaban J connectivity index is 1.62. The van der Waals surface area contributed by atoms with Gasteiger partial charge < -0.3 is 10.2 Å². The van der Waals surface area contributed by atoms with Gasteiger partial charge in [0.1, 0.15) is 5.69 Å². The second kappa shape index (κ2) is 8.56. The predicted molar refractivity (Wildman–Crippen MR) is 110 cm³/mol. The zero-order valence-corrected chi connectivity index (χ0v) is 17.1. The molecule has 1 aliphatic heterocycles. The van der Waals surface area contributed by atoms with Gasteiger partial charge in [-0.15, -0.1) is 0 Å². The summed E-state index contributed by atoms with van der Waals surface area (Å²) < 4.78 is 55.1. The maximum atomic E-state index is 13.5. The van der Waals surface area contributed by atoms with Gasteiger partial charge in [-0.25, -0.2) is 9.97 Å². The van der Waals surface area contributed by atoms with Gasteiger partial charge in [0, 0.05) is 37.8 Å². The lowest BCUT2D eigenvalue weighted by Gasteiger charge is -2.21. The number of aromatic nitrogens is 4. The molecule has 3 aromatic heterocycles. The Morgan fingerprint density at radius 3 is 2.75 bits per heavy atom. The predicted octanol–water partition coefficient (Wildman–Crippen LogP) is 3.94. The van der Waals surface area contributed by atoms with Crippen LogP contribution in [-0.2, 0) is 13.2 Å². The first-order valence-corrected chi connectivity index (χ1v) is 9.90. The Bertz CT molecular complexity index is 1130. The molecule has 0 radical (unpaired) electrons. The molecule has 1 amide bonds. The summed E-state index contributed by atoms with van der Waals surface area (Å²) in [5, 5.41) is 6.35. The summed E-state index contributed by atoms with van der Waals surface area (Å²) in [6, 6.07) is 5.89. The summed E-state index contributed by atoms with van der Waals surface area (Å²) in [4.78, 5) is 22.3. The molecule has 0 aromatic carbocycles. The molecule has 4 heterocycles. The van der Waals surface area contributed by atoms with Crippen LogP contribution in [-0.4, -0.2) is 45.4 Å². The first kappa shape index (κ1) is 21.7. The van der Waals surface area contributed by atoms with Crippen LogP contribution in [0.1, 0.15) is 22.6 Å². The fraction of sp³-hybridized carbons (Fsp3) is 0.333. The highest BCUT2D eigenvalue weighted by Gasteiger charge is 2.37. The van der Waals surface area contributed by atoms with E-state index in [9.17, 15) is 22.4 Å². The largest absolute Gasteiger partial charge is 0.435 e. The molecule has 1 aliphatic rings. The number of rotatable bonds is 5. The summed E-state index contributed by atoms with van der Waals surface area (Å²) in [5.41, 5.74) is -0.220. The minimum Gasteiger partial charge on any atom is -0.370 e.